The van der Waals surface area contributed by atoms with E-state index in [4.69, 9.17) is 14.5 Å². The summed E-state index contributed by atoms with van der Waals surface area (Å²) in [5.74, 6) is 2.37. The number of para-hydroxylation sites is 2. The van der Waals surface area contributed by atoms with Gasteiger partial charge in [0.2, 0.25) is 0 Å². The highest BCUT2D eigenvalue weighted by molar-refractivity contribution is 5.75. The van der Waals surface area contributed by atoms with E-state index in [1.807, 2.05) is 79.1 Å². The summed E-state index contributed by atoms with van der Waals surface area (Å²) in [6.45, 7) is 7.02. The van der Waals surface area contributed by atoms with Gasteiger partial charge in [0.25, 0.3) is 0 Å². The first kappa shape index (κ1) is 20.9. The Hall–Kier alpha value is -3.31. The van der Waals surface area contributed by atoms with Crippen molar-refractivity contribution in [3.8, 4) is 11.5 Å². The lowest BCUT2D eigenvalue weighted by Gasteiger charge is -2.16. The van der Waals surface area contributed by atoms with Crippen LogP contribution in [-0.4, -0.2) is 27.4 Å². The minimum Gasteiger partial charge on any atom is -0.491 e. The molecule has 3 aromatic carbocycles. The molecule has 0 saturated heterocycles. The molecule has 1 aromatic heterocycles. The van der Waals surface area contributed by atoms with Gasteiger partial charge in [-0.2, -0.15) is 0 Å². The van der Waals surface area contributed by atoms with E-state index in [2.05, 4.69) is 13.0 Å². The zero-order valence-electron chi connectivity index (χ0n) is 18.2. The van der Waals surface area contributed by atoms with Crippen molar-refractivity contribution >= 4 is 11.0 Å². The number of rotatable bonds is 8. The normalized spacial score (nSPS) is 12.1. The quantitative estimate of drug-likeness (QED) is 0.440. The molecule has 1 N–H and O–H groups in total. The van der Waals surface area contributed by atoms with Gasteiger partial charge >= 0.3 is 0 Å². The molecule has 1 heterocycles. The molecule has 0 fully saturated rings. The van der Waals surface area contributed by atoms with Gasteiger partial charge in [0.1, 0.15) is 36.6 Å². The van der Waals surface area contributed by atoms with Crippen LogP contribution < -0.4 is 9.47 Å². The van der Waals surface area contributed by atoms with Gasteiger partial charge in [0.05, 0.1) is 17.6 Å². The first-order valence-electron chi connectivity index (χ1n) is 10.5. The van der Waals surface area contributed by atoms with Crippen LogP contribution in [0.1, 0.15) is 22.5 Å². The number of imidazole rings is 1. The first-order chi connectivity index (χ1) is 15.0. The second-order valence-electron chi connectivity index (χ2n) is 7.97. The molecule has 31 heavy (non-hydrogen) atoms. The molecule has 1 unspecified atom stereocenters. The fourth-order valence-corrected chi connectivity index (χ4v) is 3.70. The van der Waals surface area contributed by atoms with Crippen LogP contribution in [0.15, 0.2) is 66.7 Å². The van der Waals surface area contributed by atoms with Gasteiger partial charge in [0.15, 0.2) is 0 Å². The van der Waals surface area contributed by atoms with E-state index in [-0.39, 0.29) is 6.61 Å². The summed E-state index contributed by atoms with van der Waals surface area (Å²) < 4.78 is 13.9. The van der Waals surface area contributed by atoms with E-state index in [1.54, 1.807) is 0 Å². The van der Waals surface area contributed by atoms with Crippen molar-refractivity contribution in [1.82, 2.24) is 9.55 Å². The molecule has 0 amide bonds. The predicted molar refractivity (Wildman–Crippen MR) is 123 cm³/mol. The van der Waals surface area contributed by atoms with Crippen LogP contribution >= 0.6 is 0 Å². The minimum absolute atomic E-state index is 0.202. The van der Waals surface area contributed by atoms with Gasteiger partial charge in [-0.25, -0.2) is 4.98 Å². The molecule has 0 aliphatic rings. The van der Waals surface area contributed by atoms with Crippen molar-refractivity contribution in [3.05, 3.63) is 89.2 Å². The summed E-state index contributed by atoms with van der Waals surface area (Å²) in [7, 11) is 0. The van der Waals surface area contributed by atoms with E-state index < -0.39 is 6.10 Å². The van der Waals surface area contributed by atoms with E-state index in [0.29, 0.717) is 13.2 Å². The molecule has 4 rings (SSSR count). The third-order valence-corrected chi connectivity index (χ3v) is 5.25. The van der Waals surface area contributed by atoms with Gasteiger partial charge in [-0.1, -0.05) is 42.0 Å². The molecular weight excluding hydrogens is 388 g/mol. The number of aliphatic hydroxyl groups is 1. The number of aliphatic hydroxyl groups excluding tert-OH is 1. The van der Waals surface area contributed by atoms with Crippen LogP contribution in [0.5, 0.6) is 11.5 Å². The molecule has 5 nitrogen and oxygen atoms in total. The molecule has 5 heteroatoms. The lowest BCUT2D eigenvalue weighted by atomic mass is 10.1. The third-order valence-electron chi connectivity index (χ3n) is 5.25. The van der Waals surface area contributed by atoms with Crippen LogP contribution in [-0.2, 0) is 13.2 Å². The van der Waals surface area contributed by atoms with Crippen LogP contribution in [0.4, 0.5) is 0 Å². The lowest BCUT2D eigenvalue weighted by Crippen LogP contribution is -2.25. The number of aromatic nitrogens is 2. The second kappa shape index (κ2) is 9.23. The van der Waals surface area contributed by atoms with Crippen molar-refractivity contribution in [1.29, 1.82) is 0 Å². The summed E-state index contributed by atoms with van der Waals surface area (Å²) in [5, 5.41) is 10.7. The van der Waals surface area contributed by atoms with E-state index >= 15 is 0 Å². The van der Waals surface area contributed by atoms with Crippen LogP contribution in [0.25, 0.3) is 11.0 Å². The van der Waals surface area contributed by atoms with Crippen LogP contribution in [0.2, 0.25) is 0 Å². The zero-order chi connectivity index (χ0) is 21.8. The largest absolute Gasteiger partial charge is 0.491 e. The standard InChI is InChI=1S/C26H28N2O3/c1-18-7-6-8-22(14-18)30-16-21(29)15-28-24-10-5-4-9-23(24)27-26(28)17-31-25-12-11-19(2)13-20(25)3/h4-14,21,29H,15-17H2,1-3H3. The van der Waals surface area contributed by atoms with Crippen molar-refractivity contribution in [2.45, 2.75) is 40.0 Å². The number of hydrogen-bond donors (Lipinski definition) is 1. The Labute approximate surface area is 182 Å². The summed E-state index contributed by atoms with van der Waals surface area (Å²) in [6, 6.07) is 21.9. The summed E-state index contributed by atoms with van der Waals surface area (Å²) in [6.07, 6.45) is -0.682. The maximum Gasteiger partial charge on any atom is 0.148 e. The molecule has 0 saturated carbocycles. The van der Waals surface area contributed by atoms with Crippen molar-refractivity contribution in [3.63, 3.8) is 0 Å². The first-order valence-corrected chi connectivity index (χ1v) is 10.5. The van der Waals surface area contributed by atoms with Crippen LogP contribution in [0, 0.1) is 20.8 Å². The molecule has 0 bridgehead atoms. The Kier molecular flexibility index (Phi) is 6.23. The Morgan fingerprint density at radius 1 is 0.903 bits per heavy atom. The van der Waals surface area contributed by atoms with Gasteiger partial charge in [-0.3, -0.25) is 0 Å². The number of fused-ring (bicyclic) bond motifs is 1. The van der Waals surface area contributed by atoms with Gasteiger partial charge in [-0.15, -0.1) is 0 Å². The smallest absolute Gasteiger partial charge is 0.148 e. The highest BCUT2D eigenvalue weighted by Gasteiger charge is 2.16. The minimum atomic E-state index is -0.682. The molecule has 0 radical (unpaired) electrons. The monoisotopic (exact) mass is 416 g/mol. The lowest BCUT2D eigenvalue weighted by molar-refractivity contribution is 0.0917. The van der Waals surface area contributed by atoms with Crippen LogP contribution in [0.3, 0.4) is 0 Å². The Morgan fingerprint density at radius 2 is 1.71 bits per heavy atom. The number of benzene rings is 3. The van der Waals surface area contributed by atoms with Gasteiger partial charge in [-0.05, 0) is 62.2 Å². The molecule has 160 valence electrons. The summed E-state index contributed by atoms with van der Waals surface area (Å²) in [4.78, 5) is 4.74. The molecule has 0 aliphatic heterocycles. The number of ether oxygens (including phenoxy) is 2. The van der Waals surface area contributed by atoms with Gasteiger partial charge in [0, 0.05) is 0 Å². The SMILES string of the molecule is Cc1cccc(OCC(O)Cn2c(COc3ccc(C)cc3C)nc3ccccc32)c1. The molecule has 0 aliphatic carbocycles. The predicted octanol–water partition coefficient (Wildman–Crippen LogP) is 4.98. The van der Waals surface area contributed by atoms with E-state index in [1.165, 1.54) is 5.56 Å². The van der Waals surface area contributed by atoms with Crippen molar-refractivity contribution in [2.75, 3.05) is 6.61 Å². The fraction of sp³-hybridized carbons (Fsp3) is 0.269. The third kappa shape index (κ3) is 5.06. The number of hydrogen-bond acceptors (Lipinski definition) is 4. The average Bonchev–Trinajstić information content (AvgIpc) is 3.09. The average molecular weight is 417 g/mol. The van der Waals surface area contributed by atoms with Crippen molar-refractivity contribution in [2.24, 2.45) is 0 Å². The van der Waals surface area contributed by atoms with Crippen molar-refractivity contribution < 1.29 is 14.6 Å². The Balaban J connectivity index is 1.50. The molecule has 1 atom stereocenters. The maximum atomic E-state index is 10.7. The molecular formula is C26H28N2O3. The van der Waals surface area contributed by atoms with E-state index in [0.717, 1.165) is 39.5 Å². The fourth-order valence-electron chi connectivity index (χ4n) is 3.70. The Morgan fingerprint density at radius 3 is 2.52 bits per heavy atom. The van der Waals surface area contributed by atoms with E-state index in [9.17, 15) is 5.11 Å². The molecule has 0 spiro atoms. The highest BCUT2D eigenvalue weighted by atomic mass is 16.5. The topological polar surface area (TPSA) is 56.5 Å². The molecule has 4 aromatic rings. The summed E-state index contributed by atoms with van der Waals surface area (Å²) >= 11 is 0. The van der Waals surface area contributed by atoms with Gasteiger partial charge < -0.3 is 19.1 Å². The zero-order valence-corrected chi connectivity index (χ0v) is 18.2. The second-order valence-corrected chi connectivity index (χ2v) is 7.97. The maximum absolute atomic E-state index is 10.7. The Bertz CT molecular complexity index is 1180. The highest BCUT2D eigenvalue weighted by Crippen LogP contribution is 2.22. The summed E-state index contributed by atoms with van der Waals surface area (Å²) in [5.41, 5.74) is 5.27. The number of aryl methyl sites for hydroxylation is 3. The number of nitrogens with zero attached hydrogens (tertiary/aromatic N) is 2.